The third-order valence-corrected chi connectivity index (χ3v) is 4.86. The lowest BCUT2D eigenvalue weighted by molar-refractivity contribution is -0.131. The summed E-state index contributed by atoms with van der Waals surface area (Å²) in [6.07, 6.45) is 3.43. The largest absolute Gasteiger partial charge is 0.342 e. The van der Waals surface area contributed by atoms with Crippen LogP contribution in [-0.2, 0) is 11.2 Å². The number of aromatic nitrogens is 1. The van der Waals surface area contributed by atoms with Gasteiger partial charge in [-0.15, -0.1) is 36.2 Å². The van der Waals surface area contributed by atoms with Crippen molar-refractivity contribution in [2.45, 2.75) is 38.6 Å². The van der Waals surface area contributed by atoms with E-state index in [1.807, 2.05) is 32.2 Å². The molecule has 0 aliphatic heterocycles. The molecule has 2 aromatic rings. The molecule has 0 saturated carbocycles. The van der Waals surface area contributed by atoms with Crippen LogP contribution in [0.3, 0.4) is 0 Å². The van der Waals surface area contributed by atoms with Crippen LogP contribution in [0.15, 0.2) is 24.3 Å². The first-order valence-electron chi connectivity index (χ1n) is 7.42. The van der Waals surface area contributed by atoms with Gasteiger partial charge < -0.3 is 10.6 Å². The topological polar surface area (TPSA) is 59.2 Å². The van der Waals surface area contributed by atoms with E-state index in [1.165, 1.54) is 4.70 Å². The SMILES string of the molecule is CC(CN)N(C)C(=O)CCCCc1nc2ccccc2s1.Cl.Cl. The van der Waals surface area contributed by atoms with Crippen molar-refractivity contribution in [3.63, 3.8) is 0 Å². The average Bonchev–Trinajstić information content (AvgIpc) is 2.92. The number of unbranched alkanes of at least 4 members (excludes halogenated alkanes) is 1. The molecule has 4 nitrogen and oxygen atoms in total. The van der Waals surface area contributed by atoms with Gasteiger partial charge in [0.25, 0.3) is 0 Å². The summed E-state index contributed by atoms with van der Waals surface area (Å²) in [7, 11) is 1.83. The van der Waals surface area contributed by atoms with E-state index < -0.39 is 0 Å². The second kappa shape index (κ2) is 10.8. The fourth-order valence-corrected chi connectivity index (χ4v) is 3.17. The maximum atomic E-state index is 12.0. The summed E-state index contributed by atoms with van der Waals surface area (Å²) in [4.78, 5) is 18.3. The predicted molar refractivity (Wildman–Crippen MR) is 103 cm³/mol. The number of rotatable bonds is 7. The molecule has 130 valence electrons. The van der Waals surface area contributed by atoms with Crippen LogP contribution in [0.2, 0.25) is 0 Å². The minimum Gasteiger partial charge on any atom is -0.342 e. The molecule has 2 rings (SSSR count). The molecule has 0 radical (unpaired) electrons. The maximum absolute atomic E-state index is 12.0. The van der Waals surface area contributed by atoms with Gasteiger partial charge in [-0.2, -0.15) is 0 Å². The minimum absolute atomic E-state index is 0. The van der Waals surface area contributed by atoms with Crippen LogP contribution < -0.4 is 5.73 Å². The number of benzene rings is 1. The summed E-state index contributed by atoms with van der Waals surface area (Å²) < 4.78 is 1.24. The number of thiazole rings is 1. The van der Waals surface area contributed by atoms with Gasteiger partial charge in [0.2, 0.25) is 5.91 Å². The third kappa shape index (κ3) is 6.26. The van der Waals surface area contributed by atoms with Crippen molar-refractivity contribution in [3.05, 3.63) is 29.3 Å². The standard InChI is InChI=1S/C16H23N3OS.2ClH/c1-12(11-17)19(2)16(20)10-6-5-9-15-18-13-7-3-4-8-14(13)21-15;;/h3-4,7-8,12H,5-6,9-11,17H2,1-2H3;2*1H. The fraction of sp³-hybridized carbons (Fsp3) is 0.500. The first-order valence-corrected chi connectivity index (χ1v) is 8.23. The molecule has 1 heterocycles. The molecule has 1 unspecified atom stereocenters. The van der Waals surface area contributed by atoms with Gasteiger partial charge in [0.1, 0.15) is 0 Å². The number of amides is 1. The van der Waals surface area contributed by atoms with Gasteiger partial charge in [-0.1, -0.05) is 12.1 Å². The fourth-order valence-electron chi connectivity index (χ4n) is 2.16. The third-order valence-electron chi connectivity index (χ3n) is 3.77. The average molecular weight is 378 g/mol. The number of nitrogens with two attached hydrogens (primary N) is 1. The van der Waals surface area contributed by atoms with Crippen LogP contribution in [0.4, 0.5) is 0 Å². The van der Waals surface area contributed by atoms with E-state index >= 15 is 0 Å². The Kier molecular flexibility index (Phi) is 10.4. The second-order valence-corrected chi connectivity index (χ2v) is 6.49. The lowest BCUT2D eigenvalue weighted by Crippen LogP contribution is -2.39. The highest BCUT2D eigenvalue weighted by Gasteiger charge is 2.13. The zero-order chi connectivity index (χ0) is 15.2. The quantitative estimate of drug-likeness (QED) is 0.748. The van der Waals surface area contributed by atoms with Crippen molar-refractivity contribution >= 4 is 52.3 Å². The van der Waals surface area contributed by atoms with Gasteiger partial charge in [0.05, 0.1) is 15.2 Å². The Morgan fingerprint density at radius 1 is 1.30 bits per heavy atom. The van der Waals surface area contributed by atoms with Crippen molar-refractivity contribution in [2.24, 2.45) is 5.73 Å². The molecule has 0 aliphatic rings. The van der Waals surface area contributed by atoms with E-state index in [-0.39, 0.29) is 36.8 Å². The lowest BCUT2D eigenvalue weighted by atomic mass is 10.1. The van der Waals surface area contributed by atoms with Crippen molar-refractivity contribution in [3.8, 4) is 0 Å². The molecule has 1 aromatic heterocycles. The Morgan fingerprint density at radius 2 is 2.00 bits per heavy atom. The number of para-hydroxylation sites is 1. The Labute approximate surface area is 154 Å². The first-order chi connectivity index (χ1) is 10.1. The number of carbonyl (C=O) groups excluding carboxylic acids is 1. The monoisotopic (exact) mass is 377 g/mol. The Morgan fingerprint density at radius 3 is 2.65 bits per heavy atom. The van der Waals surface area contributed by atoms with Crippen molar-refractivity contribution in [1.82, 2.24) is 9.88 Å². The molecule has 0 bridgehead atoms. The molecule has 7 heteroatoms. The van der Waals surface area contributed by atoms with Crippen LogP contribution >= 0.6 is 36.2 Å². The molecule has 23 heavy (non-hydrogen) atoms. The lowest BCUT2D eigenvalue weighted by Gasteiger charge is -2.23. The van der Waals surface area contributed by atoms with Crippen LogP contribution in [0, 0.1) is 0 Å². The minimum atomic E-state index is 0. The van der Waals surface area contributed by atoms with Gasteiger partial charge >= 0.3 is 0 Å². The van der Waals surface area contributed by atoms with Gasteiger partial charge in [-0.25, -0.2) is 4.98 Å². The van der Waals surface area contributed by atoms with Crippen LogP contribution in [0.1, 0.15) is 31.2 Å². The molecule has 2 N–H and O–H groups in total. The molecule has 0 aliphatic carbocycles. The number of carbonyl (C=O) groups is 1. The first kappa shape index (κ1) is 22.1. The number of aryl methyl sites for hydroxylation is 1. The number of halogens is 2. The number of fused-ring (bicyclic) bond motifs is 1. The molecule has 0 fully saturated rings. The van der Waals surface area contributed by atoms with Crippen LogP contribution in [0.25, 0.3) is 10.2 Å². The summed E-state index contributed by atoms with van der Waals surface area (Å²) in [5.74, 6) is 0.178. The van der Waals surface area contributed by atoms with E-state index in [9.17, 15) is 4.79 Å². The number of nitrogens with zero attached hydrogens (tertiary/aromatic N) is 2. The molecule has 1 atom stereocenters. The summed E-state index contributed by atoms with van der Waals surface area (Å²) in [5, 5.41) is 1.16. The van der Waals surface area contributed by atoms with Crippen molar-refractivity contribution in [2.75, 3.05) is 13.6 Å². The van der Waals surface area contributed by atoms with Crippen LogP contribution in [0.5, 0.6) is 0 Å². The van der Waals surface area contributed by atoms with E-state index in [4.69, 9.17) is 5.73 Å². The van der Waals surface area contributed by atoms with E-state index in [0.717, 1.165) is 29.8 Å². The summed E-state index contributed by atoms with van der Waals surface area (Å²) >= 11 is 1.75. The zero-order valence-electron chi connectivity index (χ0n) is 13.5. The number of hydrogen-bond acceptors (Lipinski definition) is 4. The molecular weight excluding hydrogens is 353 g/mol. The summed E-state index contributed by atoms with van der Waals surface area (Å²) in [6, 6.07) is 8.31. The van der Waals surface area contributed by atoms with Crippen molar-refractivity contribution < 1.29 is 4.79 Å². The molecule has 0 spiro atoms. The van der Waals surface area contributed by atoms with Crippen molar-refractivity contribution in [1.29, 1.82) is 0 Å². The summed E-state index contributed by atoms with van der Waals surface area (Å²) in [6.45, 7) is 2.48. The number of likely N-dealkylation sites (N-methyl/N-ethyl adjacent to an activating group) is 1. The normalized spacial score (nSPS) is 11.4. The predicted octanol–water partition coefficient (Wildman–Crippen LogP) is 3.66. The maximum Gasteiger partial charge on any atom is 0.222 e. The molecular formula is C16H25Cl2N3OS. The smallest absolute Gasteiger partial charge is 0.222 e. The van der Waals surface area contributed by atoms with Gasteiger partial charge in [-0.3, -0.25) is 4.79 Å². The van der Waals surface area contributed by atoms with E-state index in [0.29, 0.717) is 13.0 Å². The van der Waals surface area contributed by atoms with Gasteiger partial charge in [-0.05, 0) is 38.3 Å². The Balaban J connectivity index is 0.00000242. The van der Waals surface area contributed by atoms with Crippen LogP contribution in [-0.4, -0.2) is 35.4 Å². The zero-order valence-corrected chi connectivity index (χ0v) is 16.0. The number of hydrogen-bond donors (Lipinski definition) is 1. The van der Waals surface area contributed by atoms with E-state index in [1.54, 1.807) is 16.2 Å². The molecule has 1 aromatic carbocycles. The van der Waals surface area contributed by atoms with Gasteiger partial charge in [0.15, 0.2) is 0 Å². The highest BCUT2D eigenvalue weighted by atomic mass is 35.5. The molecule has 0 saturated heterocycles. The summed E-state index contributed by atoms with van der Waals surface area (Å²) in [5.41, 5.74) is 6.65. The Hall–Kier alpha value is -0.880. The highest BCUT2D eigenvalue weighted by Crippen LogP contribution is 2.22. The highest BCUT2D eigenvalue weighted by molar-refractivity contribution is 7.18. The van der Waals surface area contributed by atoms with E-state index in [2.05, 4.69) is 11.1 Å². The Bertz CT molecular complexity index is 573. The van der Waals surface area contributed by atoms with Gasteiger partial charge in [0, 0.05) is 26.1 Å². The second-order valence-electron chi connectivity index (χ2n) is 5.37. The molecule has 1 amide bonds.